The van der Waals surface area contributed by atoms with Gasteiger partial charge in [0.25, 0.3) is 11.6 Å². The molecule has 0 atom stereocenters. The molecule has 0 unspecified atom stereocenters. The fraction of sp³-hybridized carbons (Fsp3) is 0.176. The van der Waals surface area contributed by atoms with Crippen molar-refractivity contribution >= 4 is 28.9 Å². The summed E-state index contributed by atoms with van der Waals surface area (Å²) in [6.07, 6.45) is 0. The van der Waals surface area contributed by atoms with Crippen molar-refractivity contribution in [2.75, 3.05) is 6.61 Å². The summed E-state index contributed by atoms with van der Waals surface area (Å²) < 4.78 is 5.36. The van der Waals surface area contributed by atoms with E-state index in [1.807, 2.05) is 6.92 Å². The van der Waals surface area contributed by atoms with Gasteiger partial charge in [-0.3, -0.25) is 14.9 Å². The first kappa shape index (κ1) is 18.4. The lowest BCUT2D eigenvalue weighted by atomic mass is 10.1. The van der Waals surface area contributed by atoms with E-state index in [-0.39, 0.29) is 12.3 Å². The van der Waals surface area contributed by atoms with Crippen LogP contribution in [0.1, 0.15) is 18.1 Å². The lowest BCUT2D eigenvalue weighted by Gasteiger charge is -2.07. The molecule has 0 bridgehead atoms. The number of hydrogen-bond acceptors (Lipinski definition) is 5. The normalized spacial score (nSPS) is 11.1. The number of nitro groups is 1. The SMILES string of the molecule is C/C(=N/NC(=O)COc1ccc(Cl)c(C)c1)c1ccccc1[N+](=O)[O-]. The summed E-state index contributed by atoms with van der Waals surface area (Å²) >= 11 is 5.92. The molecule has 0 spiro atoms. The van der Waals surface area contributed by atoms with Gasteiger partial charge in [-0.15, -0.1) is 0 Å². The molecule has 130 valence electrons. The molecule has 0 heterocycles. The van der Waals surface area contributed by atoms with Crippen LogP contribution in [0.25, 0.3) is 0 Å². The summed E-state index contributed by atoms with van der Waals surface area (Å²) in [6, 6.07) is 11.2. The van der Waals surface area contributed by atoms with E-state index in [0.29, 0.717) is 22.0 Å². The van der Waals surface area contributed by atoms with Crippen LogP contribution in [0.2, 0.25) is 5.02 Å². The zero-order valence-corrected chi connectivity index (χ0v) is 14.4. The molecule has 1 amide bonds. The molecule has 0 saturated carbocycles. The fourth-order valence-electron chi connectivity index (χ4n) is 2.03. The van der Waals surface area contributed by atoms with Crippen LogP contribution < -0.4 is 10.2 Å². The van der Waals surface area contributed by atoms with Gasteiger partial charge in [0, 0.05) is 11.1 Å². The average molecular weight is 362 g/mol. The minimum absolute atomic E-state index is 0.0779. The predicted molar refractivity (Wildman–Crippen MR) is 95.1 cm³/mol. The minimum Gasteiger partial charge on any atom is -0.484 e. The lowest BCUT2D eigenvalue weighted by Crippen LogP contribution is -2.25. The third kappa shape index (κ3) is 5.02. The largest absolute Gasteiger partial charge is 0.484 e. The molecule has 0 radical (unpaired) electrons. The minimum atomic E-state index is -0.498. The van der Waals surface area contributed by atoms with Crippen molar-refractivity contribution in [3.8, 4) is 5.75 Å². The van der Waals surface area contributed by atoms with Gasteiger partial charge >= 0.3 is 0 Å². The van der Waals surface area contributed by atoms with Gasteiger partial charge in [0.2, 0.25) is 0 Å². The van der Waals surface area contributed by atoms with Gasteiger partial charge in [-0.1, -0.05) is 23.7 Å². The van der Waals surface area contributed by atoms with E-state index in [4.69, 9.17) is 16.3 Å². The zero-order chi connectivity index (χ0) is 18.4. The Morgan fingerprint density at radius 1 is 1.32 bits per heavy atom. The maximum absolute atomic E-state index is 11.8. The van der Waals surface area contributed by atoms with Crippen LogP contribution in [0.5, 0.6) is 5.75 Å². The molecule has 0 aliphatic carbocycles. The van der Waals surface area contributed by atoms with Gasteiger partial charge in [-0.05, 0) is 43.7 Å². The molecule has 0 aromatic heterocycles. The number of ether oxygens (including phenoxy) is 1. The molecule has 8 heteroatoms. The number of benzene rings is 2. The van der Waals surface area contributed by atoms with E-state index in [1.54, 1.807) is 43.3 Å². The van der Waals surface area contributed by atoms with Crippen LogP contribution in [0.3, 0.4) is 0 Å². The number of hydrazone groups is 1. The second kappa shape index (κ2) is 8.25. The number of halogens is 1. The Labute approximate surface area is 149 Å². The molecule has 0 aliphatic rings. The van der Waals surface area contributed by atoms with Crippen molar-refractivity contribution < 1.29 is 14.5 Å². The topological polar surface area (TPSA) is 93.8 Å². The van der Waals surface area contributed by atoms with Crippen molar-refractivity contribution in [3.63, 3.8) is 0 Å². The van der Waals surface area contributed by atoms with Gasteiger partial charge < -0.3 is 4.74 Å². The first-order chi connectivity index (χ1) is 11.9. The highest BCUT2D eigenvalue weighted by atomic mass is 35.5. The van der Waals surface area contributed by atoms with Crippen molar-refractivity contribution in [1.29, 1.82) is 0 Å². The summed E-state index contributed by atoms with van der Waals surface area (Å²) in [4.78, 5) is 22.3. The van der Waals surface area contributed by atoms with E-state index < -0.39 is 10.8 Å². The number of amides is 1. The smallest absolute Gasteiger partial charge is 0.278 e. The molecule has 7 nitrogen and oxygen atoms in total. The first-order valence-electron chi connectivity index (χ1n) is 7.34. The van der Waals surface area contributed by atoms with Crippen molar-refractivity contribution in [3.05, 3.63) is 68.7 Å². The monoisotopic (exact) mass is 361 g/mol. The molecule has 1 N–H and O–H groups in total. The zero-order valence-electron chi connectivity index (χ0n) is 13.7. The van der Waals surface area contributed by atoms with E-state index >= 15 is 0 Å². The standard InChI is InChI=1S/C17H16ClN3O4/c1-11-9-13(7-8-15(11)18)25-10-17(22)20-19-12(2)14-5-3-4-6-16(14)21(23)24/h3-9H,10H2,1-2H3,(H,20,22)/b19-12-. The van der Waals surface area contributed by atoms with E-state index in [0.717, 1.165) is 5.56 Å². The quantitative estimate of drug-likeness (QED) is 0.484. The van der Waals surface area contributed by atoms with E-state index in [1.165, 1.54) is 6.07 Å². The van der Waals surface area contributed by atoms with Crippen LogP contribution in [-0.4, -0.2) is 23.1 Å². The van der Waals surface area contributed by atoms with Gasteiger partial charge in [0.05, 0.1) is 16.2 Å². The second-order valence-corrected chi connectivity index (χ2v) is 5.61. The molecule has 25 heavy (non-hydrogen) atoms. The van der Waals surface area contributed by atoms with Gasteiger partial charge in [-0.25, -0.2) is 5.43 Å². The molecule has 0 saturated heterocycles. The van der Waals surface area contributed by atoms with E-state index in [2.05, 4.69) is 10.5 Å². The third-order valence-corrected chi connectivity index (χ3v) is 3.76. The van der Waals surface area contributed by atoms with Crippen LogP contribution in [-0.2, 0) is 4.79 Å². The Hall–Kier alpha value is -2.93. The molecule has 2 aromatic rings. The number of nitrogens with one attached hydrogen (secondary N) is 1. The highest BCUT2D eigenvalue weighted by molar-refractivity contribution is 6.31. The molecule has 0 fully saturated rings. The fourth-order valence-corrected chi connectivity index (χ4v) is 2.15. The van der Waals surface area contributed by atoms with Crippen LogP contribution in [0, 0.1) is 17.0 Å². The van der Waals surface area contributed by atoms with E-state index in [9.17, 15) is 14.9 Å². The highest BCUT2D eigenvalue weighted by Gasteiger charge is 2.15. The number of para-hydroxylation sites is 1. The average Bonchev–Trinajstić information content (AvgIpc) is 2.60. The van der Waals surface area contributed by atoms with Gasteiger partial charge in [-0.2, -0.15) is 5.10 Å². The Bertz CT molecular complexity index is 836. The van der Waals surface area contributed by atoms with Gasteiger partial charge in [0.15, 0.2) is 6.61 Å². The summed E-state index contributed by atoms with van der Waals surface area (Å²) in [5.41, 5.74) is 3.74. The number of carbonyl (C=O) groups excluding carboxylic acids is 1. The summed E-state index contributed by atoms with van der Waals surface area (Å²) in [5.74, 6) is 0.0296. The Balaban J connectivity index is 1.97. The van der Waals surface area contributed by atoms with Gasteiger partial charge in [0.1, 0.15) is 5.75 Å². The lowest BCUT2D eigenvalue weighted by molar-refractivity contribution is -0.385. The van der Waals surface area contributed by atoms with Crippen LogP contribution in [0.4, 0.5) is 5.69 Å². The van der Waals surface area contributed by atoms with Crippen molar-refractivity contribution in [2.45, 2.75) is 13.8 Å². The number of hydrogen-bond donors (Lipinski definition) is 1. The Morgan fingerprint density at radius 3 is 2.72 bits per heavy atom. The second-order valence-electron chi connectivity index (χ2n) is 5.21. The molecule has 2 aromatic carbocycles. The predicted octanol–water partition coefficient (Wildman–Crippen LogP) is 3.48. The van der Waals surface area contributed by atoms with Crippen molar-refractivity contribution in [2.24, 2.45) is 5.10 Å². The maximum Gasteiger partial charge on any atom is 0.278 e. The van der Waals surface area contributed by atoms with Crippen LogP contribution in [0.15, 0.2) is 47.6 Å². The summed E-state index contributed by atoms with van der Waals surface area (Å²) in [5, 5.41) is 15.5. The Morgan fingerprint density at radius 2 is 2.04 bits per heavy atom. The summed E-state index contributed by atoms with van der Waals surface area (Å²) in [7, 11) is 0. The van der Waals surface area contributed by atoms with Crippen LogP contribution >= 0.6 is 11.6 Å². The first-order valence-corrected chi connectivity index (χ1v) is 7.72. The Kier molecular flexibility index (Phi) is 6.08. The highest BCUT2D eigenvalue weighted by Crippen LogP contribution is 2.21. The third-order valence-electron chi connectivity index (χ3n) is 3.34. The number of carbonyl (C=O) groups is 1. The van der Waals surface area contributed by atoms with Crippen molar-refractivity contribution in [1.82, 2.24) is 5.43 Å². The molecular formula is C17H16ClN3O4. The number of rotatable bonds is 6. The summed E-state index contributed by atoms with van der Waals surface area (Å²) in [6.45, 7) is 3.16. The number of nitro benzene ring substituents is 1. The molecule has 2 rings (SSSR count). The molecular weight excluding hydrogens is 346 g/mol. The molecule has 0 aliphatic heterocycles. The number of aryl methyl sites for hydroxylation is 1. The number of nitrogens with zero attached hydrogens (tertiary/aromatic N) is 2. The maximum atomic E-state index is 11.8.